The van der Waals surface area contributed by atoms with Crippen molar-refractivity contribution in [3.63, 3.8) is 0 Å². The summed E-state index contributed by atoms with van der Waals surface area (Å²) in [4.78, 5) is 9.31. The van der Waals surface area contributed by atoms with Gasteiger partial charge in [-0.05, 0) is 48.6 Å². The van der Waals surface area contributed by atoms with Gasteiger partial charge in [0.2, 0.25) is 0 Å². The first kappa shape index (κ1) is 18.0. The van der Waals surface area contributed by atoms with Gasteiger partial charge in [0.25, 0.3) is 0 Å². The van der Waals surface area contributed by atoms with Gasteiger partial charge in [0.1, 0.15) is 0 Å². The van der Waals surface area contributed by atoms with Crippen LogP contribution in [-0.4, -0.2) is 57.0 Å². The van der Waals surface area contributed by atoms with Gasteiger partial charge < -0.3 is 14.7 Å². The number of para-hydroxylation sites is 1. The second-order valence-corrected chi connectivity index (χ2v) is 8.70. The van der Waals surface area contributed by atoms with Gasteiger partial charge in [-0.2, -0.15) is 0 Å². The average Bonchev–Trinajstić information content (AvgIpc) is 2.98. The number of benzene rings is 1. The summed E-state index contributed by atoms with van der Waals surface area (Å²) in [5.41, 5.74) is 4.57. The standard InChI is InChI=1S/C22H31N3S/c1-4-7-17(26-3)8-6-12-24-13-11-20-19(16-24)18-9-5-10-21-22(18)25(20)15-14-23(21)2/h4-5,7,9-10,19-20H,1,6,8,11-16H2,2-3H3/b17-7-. The summed E-state index contributed by atoms with van der Waals surface area (Å²) in [6, 6.07) is 7.67. The number of allylic oxidation sites excluding steroid dienone is 3. The van der Waals surface area contributed by atoms with Crippen LogP contribution < -0.4 is 9.80 Å². The van der Waals surface area contributed by atoms with Gasteiger partial charge >= 0.3 is 0 Å². The Kier molecular flexibility index (Phi) is 5.32. The van der Waals surface area contributed by atoms with E-state index < -0.39 is 0 Å². The highest BCUT2D eigenvalue weighted by Gasteiger charge is 2.44. The number of thioether (sulfide) groups is 1. The van der Waals surface area contributed by atoms with Crippen LogP contribution in [0.25, 0.3) is 0 Å². The van der Waals surface area contributed by atoms with Gasteiger partial charge in [-0.3, -0.25) is 0 Å². The van der Waals surface area contributed by atoms with E-state index in [-0.39, 0.29) is 0 Å². The first-order chi connectivity index (χ1) is 12.7. The Hall–Kier alpha value is -1.39. The fraction of sp³-hybridized carbons (Fsp3) is 0.545. The number of rotatable bonds is 6. The molecule has 4 heteroatoms. The maximum Gasteiger partial charge on any atom is 0.0644 e. The van der Waals surface area contributed by atoms with Crippen molar-refractivity contribution in [2.45, 2.75) is 31.2 Å². The molecule has 2 atom stereocenters. The molecule has 3 heterocycles. The minimum Gasteiger partial charge on any atom is -0.371 e. The molecular formula is C22H31N3S. The minimum absolute atomic E-state index is 0.689. The number of nitrogens with zero attached hydrogens (tertiary/aromatic N) is 3. The lowest BCUT2D eigenvalue weighted by atomic mass is 9.89. The molecule has 1 saturated heterocycles. The third kappa shape index (κ3) is 3.18. The first-order valence-corrected chi connectivity index (χ1v) is 11.1. The molecule has 0 radical (unpaired) electrons. The molecule has 140 valence electrons. The van der Waals surface area contributed by atoms with Crippen LogP contribution in [0.15, 0.2) is 41.8 Å². The molecule has 26 heavy (non-hydrogen) atoms. The SMILES string of the molecule is C=C/C=C(/CCCN1CCC2C(C1)c1cccc3c1N2CCN3C)SC. The highest BCUT2D eigenvalue weighted by atomic mass is 32.2. The summed E-state index contributed by atoms with van der Waals surface area (Å²) in [6.07, 6.45) is 9.97. The Bertz CT molecular complexity index is 699. The Labute approximate surface area is 162 Å². The van der Waals surface area contributed by atoms with Crippen molar-refractivity contribution in [1.82, 2.24) is 4.90 Å². The number of hydrogen-bond acceptors (Lipinski definition) is 4. The molecule has 0 aromatic heterocycles. The van der Waals surface area contributed by atoms with Crippen LogP contribution in [0.4, 0.5) is 11.4 Å². The maximum atomic E-state index is 3.83. The second kappa shape index (κ2) is 7.69. The summed E-state index contributed by atoms with van der Waals surface area (Å²) < 4.78 is 0. The Morgan fingerprint density at radius 2 is 2.19 bits per heavy atom. The van der Waals surface area contributed by atoms with E-state index in [4.69, 9.17) is 0 Å². The van der Waals surface area contributed by atoms with E-state index in [1.165, 1.54) is 61.7 Å². The lowest BCUT2D eigenvalue weighted by Crippen LogP contribution is -2.49. The molecule has 0 bridgehead atoms. The molecule has 3 aliphatic heterocycles. The van der Waals surface area contributed by atoms with Crippen molar-refractivity contribution in [2.24, 2.45) is 0 Å². The van der Waals surface area contributed by atoms with Crippen molar-refractivity contribution in [2.75, 3.05) is 55.8 Å². The second-order valence-electron chi connectivity index (χ2n) is 7.77. The molecule has 4 rings (SSSR count). The van der Waals surface area contributed by atoms with Crippen LogP contribution in [0.2, 0.25) is 0 Å². The summed E-state index contributed by atoms with van der Waals surface area (Å²) >= 11 is 1.86. The van der Waals surface area contributed by atoms with Crippen LogP contribution in [0.3, 0.4) is 0 Å². The molecule has 3 nitrogen and oxygen atoms in total. The number of fused-ring (bicyclic) bond motifs is 3. The van der Waals surface area contributed by atoms with Gasteiger partial charge in [0.05, 0.1) is 11.4 Å². The van der Waals surface area contributed by atoms with E-state index in [0.717, 1.165) is 12.6 Å². The van der Waals surface area contributed by atoms with Gasteiger partial charge in [-0.1, -0.05) is 30.9 Å². The van der Waals surface area contributed by atoms with Crippen LogP contribution in [0.1, 0.15) is 30.7 Å². The number of likely N-dealkylation sites (N-methyl/N-ethyl adjacent to an activating group) is 1. The van der Waals surface area contributed by atoms with Crippen molar-refractivity contribution >= 4 is 23.1 Å². The Balaban J connectivity index is 1.44. The number of piperidine rings is 1. The smallest absolute Gasteiger partial charge is 0.0644 e. The number of likely N-dealkylation sites (tertiary alicyclic amines) is 1. The highest BCUT2D eigenvalue weighted by Crippen LogP contribution is 2.50. The Morgan fingerprint density at radius 3 is 3.00 bits per heavy atom. The molecule has 2 unspecified atom stereocenters. The molecule has 0 spiro atoms. The van der Waals surface area contributed by atoms with E-state index in [9.17, 15) is 0 Å². The molecule has 3 aliphatic rings. The molecule has 0 amide bonds. The zero-order valence-electron chi connectivity index (χ0n) is 16.2. The molecule has 0 aliphatic carbocycles. The molecule has 1 aromatic rings. The van der Waals surface area contributed by atoms with Gasteiger partial charge in [-0.15, -0.1) is 11.8 Å². The third-order valence-electron chi connectivity index (χ3n) is 6.34. The highest BCUT2D eigenvalue weighted by molar-refractivity contribution is 8.02. The third-order valence-corrected chi connectivity index (χ3v) is 7.21. The Morgan fingerprint density at radius 1 is 1.31 bits per heavy atom. The number of hydrogen-bond donors (Lipinski definition) is 0. The normalized spacial score (nSPS) is 25.2. The van der Waals surface area contributed by atoms with E-state index in [1.54, 1.807) is 5.56 Å². The first-order valence-electron chi connectivity index (χ1n) is 9.91. The number of anilines is 2. The van der Waals surface area contributed by atoms with Crippen LogP contribution in [-0.2, 0) is 0 Å². The monoisotopic (exact) mass is 369 g/mol. The van der Waals surface area contributed by atoms with Gasteiger partial charge in [-0.25, -0.2) is 0 Å². The van der Waals surface area contributed by atoms with Crippen molar-refractivity contribution in [3.05, 3.63) is 47.4 Å². The largest absolute Gasteiger partial charge is 0.371 e. The van der Waals surface area contributed by atoms with E-state index in [0.29, 0.717) is 5.92 Å². The fourth-order valence-electron chi connectivity index (χ4n) is 5.04. The summed E-state index contributed by atoms with van der Waals surface area (Å²) in [7, 11) is 2.24. The van der Waals surface area contributed by atoms with Gasteiger partial charge in [0.15, 0.2) is 0 Å². The lowest BCUT2D eigenvalue weighted by molar-refractivity contribution is 0.192. The van der Waals surface area contributed by atoms with Crippen LogP contribution in [0.5, 0.6) is 0 Å². The fourth-order valence-corrected chi connectivity index (χ4v) is 5.62. The van der Waals surface area contributed by atoms with Crippen LogP contribution >= 0.6 is 11.8 Å². The topological polar surface area (TPSA) is 9.72 Å². The summed E-state index contributed by atoms with van der Waals surface area (Å²) in [5, 5.41) is 0. The van der Waals surface area contributed by atoms with Crippen molar-refractivity contribution < 1.29 is 0 Å². The zero-order chi connectivity index (χ0) is 18.1. The van der Waals surface area contributed by atoms with Crippen molar-refractivity contribution in [1.29, 1.82) is 0 Å². The summed E-state index contributed by atoms with van der Waals surface area (Å²) in [5.74, 6) is 0.689. The maximum absolute atomic E-state index is 3.83. The molecule has 1 aromatic carbocycles. The van der Waals surface area contributed by atoms with E-state index >= 15 is 0 Å². The van der Waals surface area contributed by atoms with E-state index in [1.807, 2.05) is 17.8 Å². The predicted molar refractivity (Wildman–Crippen MR) is 116 cm³/mol. The molecule has 1 fully saturated rings. The average molecular weight is 370 g/mol. The van der Waals surface area contributed by atoms with E-state index in [2.05, 4.69) is 58.9 Å². The van der Waals surface area contributed by atoms with Gasteiger partial charge in [0, 0.05) is 45.2 Å². The lowest BCUT2D eigenvalue weighted by Gasteiger charge is -2.41. The molecular weight excluding hydrogens is 338 g/mol. The van der Waals surface area contributed by atoms with Crippen molar-refractivity contribution in [3.8, 4) is 0 Å². The molecule has 0 N–H and O–H groups in total. The molecule has 0 saturated carbocycles. The van der Waals surface area contributed by atoms with Crippen LogP contribution in [0, 0.1) is 0 Å². The summed E-state index contributed by atoms with van der Waals surface area (Å²) in [6.45, 7) is 9.85. The zero-order valence-corrected chi connectivity index (χ0v) is 17.0. The quantitative estimate of drug-likeness (QED) is 0.690. The predicted octanol–water partition coefficient (Wildman–Crippen LogP) is 4.33. The minimum atomic E-state index is 0.689.